The van der Waals surface area contributed by atoms with E-state index in [1.54, 1.807) is 0 Å². The number of halogens is 3. The molecule has 20 heavy (non-hydrogen) atoms. The molecular weight excluding hydrogens is 330 g/mol. The second-order valence-electron chi connectivity index (χ2n) is 3.62. The van der Waals surface area contributed by atoms with E-state index in [9.17, 15) is 12.8 Å². The third kappa shape index (κ3) is 2.92. The summed E-state index contributed by atoms with van der Waals surface area (Å²) in [5.74, 6) is -0.901. The monoisotopic (exact) mass is 336 g/mol. The number of nitrogens with two attached hydrogens (primary N) is 1. The van der Waals surface area contributed by atoms with Gasteiger partial charge in [-0.3, -0.25) is 4.72 Å². The number of hydrogen-bond acceptors (Lipinski definition) is 5. The lowest BCUT2D eigenvalue weighted by Gasteiger charge is -2.09. The number of benzene rings is 1. The second kappa shape index (κ2) is 5.39. The summed E-state index contributed by atoms with van der Waals surface area (Å²) in [6.07, 6.45) is 1.05. The van der Waals surface area contributed by atoms with Crippen molar-refractivity contribution in [2.75, 3.05) is 10.5 Å². The first-order valence-electron chi connectivity index (χ1n) is 5.05. The van der Waals surface area contributed by atoms with E-state index in [2.05, 4.69) is 14.7 Å². The zero-order chi connectivity index (χ0) is 14.9. The van der Waals surface area contributed by atoms with Gasteiger partial charge < -0.3 is 5.73 Å². The maximum absolute atomic E-state index is 13.0. The van der Waals surface area contributed by atoms with E-state index in [4.69, 9.17) is 28.9 Å². The zero-order valence-corrected chi connectivity index (χ0v) is 12.0. The highest BCUT2D eigenvalue weighted by atomic mass is 35.5. The van der Waals surface area contributed by atoms with Crippen molar-refractivity contribution in [2.24, 2.45) is 0 Å². The molecule has 0 unspecified atom stereocenters. The van der Waals surface area contributed by atoms with Gasteiger partial charge in [0.05, 0.1) is 10.6 Å². The van der Waals surface area contributed by atoms with Crippen LogP contribution in [0.15, 0.2) is 29.4 Å². The minimum Gasteiger partial charge on any atom is -0.396 e. The highest BCUT2D eigenvalue weighted by Gasteiger charge is 2.19. The largest absolute Gasteiger partial charge is 0.396 e. The van der Waals surface area contributed by atoms with Crippen LogP contribution in [0.2, 0.25) is 10.2 Å². The lowest BCUT2D eigenvalue weighted by molar-refractivity contribution is 0.600. The molecule has 3 N–H and O–H groups in total. The van der Waals surface area contributed by atoms with E-state index in [0.29, 0.717) is 0 Å². The Bertz CT molecular complexity index is 770. The molecule has 0 atom stereocenters. The second-order valence-corrected chi connectivity index (χ2v) is 6.03. The molecular formula is C10H7Cl2FN4O2S. The minimum atomic E-state index is -4.02. The molecule has 0 bridgehead atoms. The Labute approximate surface area is 123 Å². The van der Waals surface area contributed by atoms with Crippen LogP contribution in [0.25, 0.3) is 0 Å². The number of anilines is 2. The van der Waals surface area contributed by atoms with E-state index in [1.165, 1.54) is 0 Å². The Morgan fingerprint density at radius 2 is 1.95 bits per heavy atom. The van der Waals surface area contributed by atoms with Crippen LogP contribution in [0.3, 0.4) is 0 Å². The summed E-state index contributed by atoms with van der Waals surface area (Å²) in [6, 6.07) is 2.98. The van der Waals surface area contributed by atoms with Crippen LogP contribution in [-0.2, 0) is 10.0 Å². The maximum Gasteiger partial charge on any atom is 0.263 e. The molecule has 1 aromatic carbocycles. The fraction of sp³-hybridized carbons (Fsp3) is 0. The molecule has 0 fully saturated rings. The first kappa shape index (κ1) is 14.8. The highest BCUT2D eigenvalue weighted by Crippen LogP contribution is 2.27. The van der Waals surface area contributed by atoms with Gasteiger partial charge in [0.25, 0.3) is 10.0 Å². The van der Waals surface area contributed by atoms with Gasteiger partial charge in [0.15, 0.2) is 11.0 Å². The molecule has 6 nitrogen and oxygen atoms in total. The van der Waals surface area contributed by atoms with Gasteiger partial charge in [0.1, 0.15) is 17.2 Å². The third-order valence-corrected chi connectivity index (χ3v) is 4.33. The van der Waals surface area contributed by atoms with Crippen molar-refractivity contribution in [1.82, 2.24) is 9.97 Å². The first-order chi connectivity index (χ1) is 9.31. The Kier molecular flexibility index (Phi) is 3.98. The topological polar surface area (TPSA) is 98.0 Å². The molecule has 2 rings (SSSR count). The van der Waals surface area contributed by atoms with Crippen LogP contribution in [0.4, 0.5) is 15.9 Å². The first-order valence-corrected chi connectivity index (χ1v) is 7.29. The molecule has 106 valence electrons. The molecule has 0 aliphatic carbocycles. The van der Waals surface area contributed by atoms with Gasteiger partial charge in [-0.05, 0) is 18.2 Å². The van der Waals surface area contributed by atoms with Crippen molar-refractivity contribution in [2.45, 2.75) is 4.90 Å². The van der Waals surface area contributed by atoms with Gasteiger partial charge in [-0.2, -0.15) is 0 Å². The summed E-state index contributed by atoms with van der Waals surface area (Å²) in [4.78, 5) is 7.02. The van der Waals surface area contributed by atoms with Gasteiger partial charge in [-0.25, -0.2) is 22.8 Å². The summed E-state index contributed by atoms with van der Waals surface area (Å²) in [5, 5.41) is -0.245. The van der Waals surface area contributed by atoms with E-state index in [0.717, 1.165) is 24.5 Å². The standard InChI is InChI=1S/C10H7Cl2FN4O2S/c11-8-9(12)15-4-16-10(8)17-20(18,19)5-1-2-6(13)7(14)3-5/h1-4H,14H2,(H,15,16,17). The van der Waals surface area contributed by atoms with Crippen LogP contribution >= 0.6 is 23.2 Å². The lowest BCUT2D eigenvalue weighted by Crippen LogP contribution is -2.15. The Hall–Kier alpha value is -1.64. The van der Waals surface area contributed by atoms with Crippen LogP contribution in [-0.4, -0.2) is 18.4 Å². The summed E-state index contributed by atoms with van der Waals surface area (Å²) in [7, 11) is -4.02. The Balaban J connectivity index is 2.41. The number of sulfonamides is 1. The van der Waals surface area contributed by atoms with Crippen molar-refractivity contribution in [3.63, 3.8) is 0 Å². The Morgan fingerprint density at radius 1 is 1.25 bits per heavy atom. The van der Waals surface area contributed by atoms with Crippen molar-refractivity contribution in [3.8, 4) is 0 Å². The number of nitrogen functional groups attached to an aromatic ring is 1. The van der Waals surface area contributed by atoms with Crippen molar-refractivity contribution in [3.05, 3.63) is 40.5 Å². The fourth-order valence-corrected chi connectivity index (χ4v) is 2.69. The number of nitrogens with zero attached hydrogens (tertiary/aromatic N) is 2. The average Bonchev–Trinajstić information content (AvgIpc) is 2.38. The molecule has 0 aliphatic heterocycles. The van der Waals surface area contributed by atoms with Gasteiger partial charge in [-0.15, -0.1) is 0 Å². The summed E-state index contributed by atoms with van der Waals surface area (Å²) in [6.45, 7) is 0. The number of aromatic nitrogens is 2. The van der Waals surface area contributed by atoms with Crippen molar-refractivity contribution < 1.29 is 12.8 Å². The van der Waals surface area contributed by atoms with E-state index < -0.39 is 15.8 Å². The maximum atomic E-state index is 13.0. The average molecular weight is 337 g/mol. The number of hydrogen-bond donors (Lipinski definition) is 2. The number of rotatable bonds is 3. The molecule has 0 saturated heterocycles. The number of nitrogens with one attached hydrogen (secondary N) is 1. The smallest absolute Gasteiger partial charge is 0.263 e. The van der Waals surface area contributed by atoms with Crippen molar-refractivity contribution in [1.29, 1.82) is 0 Å². The third-order valence-electron chi connectivity index (χ3n) is 2.26. The normalized spacial score (nSPS) is 11.3. The Morgan fingerprint density at radius 3 is 2.60 bits per heavy atom. The molecule has 2 aromatic rings. The predicted molar refractivity (Wildman–Crippen MR) is 73.7 cm³/mol. The molecule has 0 aliphatic rings. The van der Waals surface area contributed by atoms with Crippen LogP contribution in [0, 0.1) is 5.82 Å². The van der Waals surface area contributed by atoms with Gasteiger partial charge in [0.2, 0.25) is 0 Å². The summed E-state index contributed by atoms with van der Waals surface area (Å²) < 4.78 is 39.3. The van der Waals surface area contributed by atoms with E-state index in [1.807, 2.05) is 0 Å². The SMILES string of the molecule is Nc1cc(S(=O)(=O)Nc2ncnc(Cl)c2Cl)ccc1F. The highest BCUT2D eigenvalue weighted by molar-refractivity contribution is 7.92. The summed E-state index contributed by atoms with van der Waals surface area (Å²) in [5.41, 5.74) is 5.03. The fourth-order valence-electron chi connectivity index (χ4n) is 1.29. The molecule has 0 spiro atoms. The molecule has 0 amide bonds. The van der Waals surface area contributed by atoms with Crippen LogP contribution < -0.4 is 10.5 Å². The van der Waals surface area contributed by atoms with Gasteiger partial charge >= 0.3 is 0 Å². The molecule has 10 heteroatoms. The van der Waals surface area contributed by atoms with Crippen LogP contribution in [0.5, 0.6) is 0 Å². The quantitative estimate of drug-likeness (QED) is 0.662. The van der Waals surface area contributed by atoms with E-state index in [-0.39, 0.29) is 26.6 Å². The van der Waals surface area contributed by atoms with E-state index >= 15 is 0 Å². The van der Waals surface area contributed by atoms with Gasteiger partial charge in [0, 0.05) is 0 Å². The van der Waals surface area contributed by atoms with Crippen molar-refractivity contribution >= 4 is 44.7 Å². The molecule has 0 saturated carbocycles. The summed E-state index contributed by atoms with van der Waals surface area (Å²) >= 11 is 11.4. The minimum absolute atomic E-state index is 0.0991. The molecule has 0 radical (unpaired) electrons. The predicted octanol–water partition coefficient (Wildman–Crippen LogP) is 2.31. The zero-order valence-electron chi connectivity index (χ0n) is 9.64. The van der Waals surface area contributed by atoms with Crippen LogP contribution in [0.1, 0.15) is 0 Å². The molecule has 1 heterocycles. The lowest BCUT2D eigenvalue weighted by atomic mass is 10.3. The molecule has 1 aromatic heterocycles. The van der Waals surface area contributed by atoms with Gasteiger partial charge in [-0.1, -0.05) is 23.2 Å².